The van der Waals surface area contributed by atoms with Gasteiger partial charge in [0.1, 0.15) is 0 Å². The molecular weight excluding hydrogens is 208 g/mol. The summed E-state index contributed by atoms with van der Waals surface area (Å²) in [6.45, 7) is 2.80. The number of Topliss-reactive ketones (excluding diaryl/α,β-unsaturated/α-hetero) is 1. The van der Waals surface area contributed by atoms with Crippen molar-refractivity contribution in [2.24, 2.45) is 0 Å². The summed E-state index contributed by atoms with van der Waals surface area (Å²) in [5.41, 5.74) is 0.699. The van der Waals surface area contributed by atoms with Crippen molar-refractivity contribution in [2.45, 2.75) is 19.9 Å². The molecule has 0 atom stereocenters. The summed E-state index contributed by atoms with van der Waals surface area (Å²) in [6.07, 6.45) is 3.92. The van der Waals surface area contributed by atoms with E-state index in [-0.39, 0.29) is 5.78 Å². The van der Waals surface area contributed by atoms with E-state index in [0.29, 0.717) is 12.0 Å². The molecule has 0 aliphatic carbocycles. The third kappa shape index (κ3) is 2.33. The van der Waals surface area contributed by atoms with Crippen LogP contribution in [0, 0.1) is 0 Å². The smallest absolute Gasteiger partial charge is 0.171 e. The lowest BCUT2D eigenvalue weighted by molar-refractivity contribution is 0.0994. The molecule has 0 N–H and O–H groups in total. The Kier molecular flexibility index (Phi) is 2.97. The van der Waals surface area contributed by atoms with Crippen molar-refractivity contribution >= 4 is 17.1 Å². The Morgan fingerprint density at radius 2 is 2.47 bits per heavy atom. The molecule has 4 heteroatoms. The van der Waals surface area contributed by atoms with E-state index in [9.17, 15) is 4.79 Å². The predicted octanol–water partition coefficient (Wildman–Crippen LogP) is 2.39. The van der Waals surface area contributed by atoms with Crippen LogP contribution in [0.1, 0.15) is 22.2 Å². The molecule has 3 nitrogen and oxygen atoms in total. The molecule has 2 aromatic heterocycles. The van der Waals surface area contributed by atoms with Crippen LogP contribution in [0.5, 0.6) is 0 Å². The van der Waals surface area contributed by atoms with E-state index >= 15 is 0 Å². The van der Waals surface area contributed by atoms with Gasteiger partial charge in [0.05, 0.1) is 11.8 Å². The molecule has 0 aliphatic rings. The zero-order valence-corrected chi connectivity index (χ0v) is 9.33. The van der Waals surface area contributed by atoms with Crippen LogP contribution >= 0.6 is 11.3 Å². The Bertz CT molecular complexity index is 445. The van der Waals surface area contributed by atoms with Crippen molar-refractivity contribution in [2.75, 3.05) is 0 Å². The maximum absolute atomic E-state index is 11.8. The van der Waals surface area contributed by atoms with Gasteiger partial charge < -0.3 is 0 Å². The SMILES string of the molecule is CCn1cc(C(=O)Cc2cccs2)cn1. The van der Waals surface area contributed by atoms with E-state index in [0.717, 1.165) is 11.4 Å². The van der Waals surface area contributed by atoms with Crippen LogP contribution in [0.2, 0.25) is 0 Å². The number of carbonyl (C=O) groups excluding carboxylic acids is 1. The second-order valence-electron chi connectivity index (χ2n) is 3.26. The second kappa shape index (κ2) is 4.40. The summed E-state index contributed by atoms with van der Waals surface area (Å²) in [7, 11) is 0. The van der Waals surface area contributed by atoms with Crippen LogP contribution in [0.15, 0.2) is 29.9 Å². The van der Waals surface area contributed by atoms with Crippen molar-refractivity contribution < 1.29 is 4.79 Å². The molecule has 0 saturated heterocycles. The minimum Gasteiger partial charge on any atom is -0.294 e. The first-order valence-corrected chi connectivity index (χ1v) is 5.75. The highest BCUT2D eigenvalue weighted by Gasteiger charge is 2.09. The number of ketones is 1. The van der Waals surface area contributed by atoms with Gasteiger partial charge in [-0.05, 0) is 18.4 Å². The lowest BCUT2D eigenvalue weighted by Gasteiger charge is -1.94. The molecule has 2 heterocycles. The van der Waals surface area contributed by atoms with Crippen molar-refractivity contribution in [1.82, 2.24) is 9.78 Å². The van der Waals surface area contributed by atoms with Gasteiger partial charge in [-0.3, -0.25) is 9.48 Å². The topological polar surface area (TPSA) is 34.9 Å². The Labute approximate surface area is 92.4 Å². The van der Waals surface area contributed by atoms with E-state index < -0.39 is 0 Å². The fourth-order valence-electron chi connectivity index (χ4n) is 1.35. The first-order chi connectivity index (χ1) is 7.29. The minimum atomic E-state index is 0.136. The van der Waals surface area contributed by atoms with Crippen molar-refractivity contribution in [3.05, 3.63) is 40.3 Å². The normalized spacial score (nSPS) is 10.5. The predicted molar refractivity (Wildman–Crippen MR) is 60.3 cm³/mol. The molecule has 78 valence electrons. The van der Waals surface area contributed by atoms with E-state index in [2.05, 4.69) is 5.10 Å². The van der Waals surface area contributed by atoms with Crippen LogP contribution in [-0.4, -0.2) is 15.6 Å². The van der Waals surface area contributed by atoms with Crippen LogP contribution < -0.4 is 0 Å². The highest BCUT2D eigenvalue weighted by Crippen LogP contribution is 2.12. The van der Waals surface area contributed by atoms with Crippen LogP contribution in [0.25, 0.3) is 0 Å². The lowest BCUT2D eigenvalue weighted by atomic mass is 10.1. The fraction of sp³-hybridized carbons (Fsp3) is 0.273. The molecular formula is C11H12N2OS. The third-order valence-electron chi connectivity index (χ3n) is 2.19. The summed E-state index contributed by atoms with van der Waals surface area (Å²) < 4.78 is 1.77. The number of rotatable bonds is 4. The average Bonchev–Trinajstić information content (AvgIpc) is 2.86. The van der Waals surface area contributed by atoms with Crippen molar-refractivity contribution in [3.63, 3.8) is 0 Å². The third-order valence-corrected chi connectivity index (χ3v) is 3.07. The van der Waals surface area contributed by atoms with Gasteiger partial charge >= 0.3 is 0 Å². The molecule has 0 radical (unpaired) electrons. The van der Waals surface area contributed by atoms with E-state index in [1.165, 1.54) is 0 Å². The summed E-state index contributed by atoms with van der Waals surface area (Å²) in [5, 5.41) is 6.07. The Morgan fingerprint density at radius 3 is 3.07 bits per heavy atom. The van der Waals surface area contributed by atoms with Crippen LogP contribution in [0.4, 0.5) is 0 Å². The fourth-order valence-corrected chi connectivity index (χ4v) is 2.06. The van der Waals surface area contributed by atoms with Gasteiger partial charge in [0.25, 0.3) is 0 Å². The van der Waals surface area contributed by atoms with Gasteiger partial charge in [0.2, 0.25) is 0 Å². The zero-order chi connectivity index (χ0) is 10.7. The Morgan fingerprint density at radius 1 is 1.60 bits per heavy atom. The number of aryl methyl sites for hydroxylation is 1. The number of aromatic nitrogens is 2. The molecule has 0 amide bonds. The summed E-state index contributed by atoms with van der Waals surface area (Å²) >= 11 is 1.61. The van der Waals surface area contributed by atoms with Crippen LogP contribution in [-0.2, 0) is 13.0 Å². The molecule has 15 heavy (non-hydrogen) atoms. The standard InChI is InChI=1S/C11H12N2OS/c1-2-13-8-9(7-12-13)11(14)6-10-4-3-5-15-10/h3-5,7-8H,2,6H2,1H3. The molecule has 0 saturated carbocycles. The summed E-state index contributed by atoms with van der Waals surface area (Å²) in [5.74, 6) is 0.136. The van der Waals surface area contributed by atoms with Gasteiger partial charge in [-0.2, -0.15) is 5.10 Å². The number of hydrogen-bond acceptors (Lipinski definition) is 3. The monoisotopic (exact) mass is 220 g/mol. The molecule has 0 unspecified atom stereocenters. The maximum Gasteiger partial charge on any atom is 0.171 e. The van der Waals surface area contributed by atoms with Crippen LogP contribution in [0.3, 0.4) is 0 Å². The van der Waals surface area contributed by atoms with E-state index in [4.69, 9.17) is 0 Å². The van der Waals surface area contributed by atoms with Gasteiger partial charge in [0, 0.05) is 24.0 Å². The molecule has 0 bridgehead atoms. The summed E-state index contributed by atoms with van der Waals surface area (Å²) in [4.78, 5) is 12.9. The molecule has 0 spiro atoms. The number of carbonyl (C=O) groups is 1. The molecule has 0 aliphatic heterocycles. The number of nitrogens with zero attached hydrogens (tertiary/aromatic N) is 2. The van der Waals surface area contributed by atoms with Gasteiger partial charge in [-0.15, -0.1) is 11.3 Å². The number of hydrogen-bond donors (Lipinski definition) is 0. The minimum absolute atomic E-state index is 0.136. The summed E-state index contributed by atoms with van der Waals surface area (Å²) in [6, 6.07) is 3.94. The molecule has 2 aromatic rings. The maximum atomic E-state index is 11.8. The quantitative estimate of drug-likeness (QED) is 0.741. The molecule has 0 aromatic carbocycles. The van der Waals surface area contributed by atoms with Crippen molar-refractivity contribution in [1.29, 1.82) is 0 Å². The molecule has 0 fully saturated rings. The first kappa shape index (κ1) is 10.1. The van der Waals surface area contributed by atoms with Gasteiger partial charge in [-0.25, -0.2) is 0 Å². The first-order valence-electron chi connectivity index (χ1n) is 4.87. The van der Waals surface area contributed by atoms with E-state index in [1.54, 1.807) is 28.4 Å². The lowest BCUT2D eigenvalue weighted by Crippen LogP contribution is -2.01. The second-order valence-corrected chi connectivity index (χ2v) is 4.30. The van der Waals surface area contributed by atoms with E-state index in [1.807, 2.05) is 24.4 Å². The van der Waals surface area contributed by atoms with Crippen molar-refractivity contribution in [3.8, 4) is 0 Å². The van der Waals surface area contributed by atoms with Gasteiger partial charge in [0.15, 0.2) is 5.78 Å². The highest BCUT2D eigenvalue weighted by molar-refractivity contribution is 7.10. The molecule has 2 rings (SSSR count). The van der Waals surface area contributed by atoms with Gasteiger partial charge in [-0.1, -0.05) is 6.07 Å². The highest BCUT2D eigenvalue weighted by atomic mass is 32.1. The Balaban J connectivity index is 2.08. The average molecular weight is 220 g/mol. The Hall–Kier alpha value is -1.42. The number of thiophene rings is 1. The zero-order valence-electron chi connectivity index (χ0n) is 8.51. The largest absolute Gasteiger partial charge is 0.294 e.